The molecule has 0 saturated heterocycles. The number of hydrazone groups is 1. The molecule has 0 saturated carbocycles. The van der Waals surface area contributed by atoms with E-state index in [0.717, 1.165) is 0 Å². The summed E-state index contributed by atoms with van der Waals surface area (Å²) in [7, 11) is 1.42. The highest BCUT2D eigenvalue weighted by atomic mass is 79.9. The molecule has 4 rings (SSSR count). The van der Waals surface area contributed by atoms with Gasteiger partial charge in [0, 0.05) is 5.70 Å². The quantitative estimate of drug-likeness (QED) is 0.128. The Morgan fingerprint density at radius 1 is 1.13 bits per heavy atom. The van der Waals surface area contributed by atoms with E-state index in [1.807, 2.05) is 0 Å². The maximum absolute atomic E-state index is 13.4. The summed E-state index contributed by atoms with van der Waals surface area (Å²) in [5.41, 5.74) is 4.76. The standard InChI is InChI=1S/C31H29BrClFN4O7/c1-4-43-30(40)27-17(2)36-31(41)37-28(27)20-8-9-24(25(13-20)42-3)44-16-26(39)38-35-14-19-11-22(32)29(23(33)12-19)45-15-18-6-5-7-21(34)10-18/h5-14,28H,4,15-16H2,1-3H3,(H,38,39)(H2,36,37,41)/b35-14-/t28-/m0/s1. The van der Waals surface area contributed by atoms with Crippen LogP contribution < -0.4 is 30.3 Å². The van der Waals surface area contributed by atoms with Gasteiger partial charge in [-0.05, 0) is 82.9 Å². The first kappa shape index (κ1) is 33.3. The minimum atomic E-state index is -0.791. The van der Waals surface area contributed by atoms with Crippen LogP contribution in [0.5, 0.6) is 17.2 Å². The van der Waals surface area contributed by atoms with Crippen LogP contribution in [0.1, 0.15) is 36.6 Å². The minimum Gasteiger partial charge on any atom is -0.493 e. The predicted octanol–water partition coefficient (Wildman–Crippen LogP) is 5.55. The van der Waals surface area contributed by atoms with E-state index >= 15 is 0 Å². The molecule has 1 aliphatic heterocycles. The molecule has 1 atom stereocenters. The Morgan fingerprint density at radius 2 is 1.93 bits per heavy atom. The van der Waals surface area contributed by atoms with E-state index < -0.39 is 23.9 Å². The summed E-state index contributed by atoms with van der Waals surface area (Å²) in [4.78, 5) is 37.2. The van der Waals surface area contributed by atoms with E-state index in [2.05, 4.69) is 37.1 Å². The Hall–Kier alpha value is -4.62. The molecule has 45 heavy (non-hydrogen) atoms. The molecule has 0 aromatic heterocycles. The number of benzene rings is 3. The molecule has 3 N–H and O–H groups in total. The Balaban J connectivity index is 1.36. The SMILES string of the molecule is CCOC(=O)C1=C(C)NC(=O)N[C@H]1c1ccc(OCC(=O)N/N=C\c2cc(Cl)c(OCc3cccc(F)c3)c(Br)c2)c(OC)c1. The highest BCUT2D eigenvalue weighted by Crippen LogP contribution is 2.36. The van der Waals surface area contributed by atoms with Crippen LogP contribution in [0.2, 0.25) is 5.02 Å². The van der Waals surface area contributed by atoms with E-state index in [-0.39, 0.29) is 47.7 Å². The highest BCUT2D eigenvalue weighted by Gasteiger charge is 2.32. The molecule has 11 nitrogen and oxygen atoms in total. The third-order valence-electron chi connectivity index (χ3n) is 6.34. The van der Waals surface area contributed by atoms with Gasteiger partial charge in [-0.15, -0.1) is 0 Å². The first-order valence-electron chi connectivity index (χ1n) is 13.5. The van der Waals surface area contributed by atoms with Gasteiger partial charge in [-0.3, -0.25) is 4.79 Å². The molecular weight excluding hydrogens is 675 g/mol. The fourth-order valence-corrected chi connectivity index (χ4v) is 5.32. The van der Waals surface area contributed by atoms with E-state index in [1.54, 1.807) is 56.3 Å². The van der Waals surface area contributed by atoms with Gasteiger partial charge in [0.25, 0.3) is 5.91 Å². The highest BCUT2D eigenvalue weighted by molar-refractivity contribution is 9.10. The summed E-state index contributed by atoms with van der Waals surface area (Å²) in [5.74, 6) is -0.573. The van der Waals surface area contributed by atoms with Crippen molar-refractivity contribution in [3.05, 3.63) is 97.9 Å². The molecule has 3 aromatic carbocycles. The largest absolute Gasteiger partial charge is 0.493 e. The van der Waals surface area contributed by atoms with E-state index in [9.17, 15) is 18.8 Å². The van der Waals surface area contributed by atoms with Gasteiger partial charge >= 0.3 is 12.0 Å². The third-order valence-corrected chi connectivity index (χ3v) is 7.21. The number of urea groups is 1. The number of esters is 1. The lowest BCUT2D eigenvalue weighted by atomic mass is 9.95. The van der Waals surface area contributed by atoms with Crippen molar-refractivity contribution in [2.24, 2.45) is 5.10 Å². The lowest BCUT2D eigenvalue weighted by Crippen LogP contribution is -2.45. The first-order chi connectivity index (χ1) is 21.6. The number of nitrogens with zero attached hydrogens (tertiary/aromatic N) is 1. The summed E-state index contributed by atoms with van der Waals surface area (Å²) in [6.45, 7) is 3.20. The predicted molar refractivity (Wildman–Crippen MR) is 168 cm³/mol. The van der Waals surface area contributed by atoms with Crippen LogP contribution in [0.15, 0.2) is 75.4 Å². The Bertz CT molecular complexity index is 1640. The van der Waals surface area contributed by atoms with Crippen LogP contribution in [0.25, 0.3) is 0 Å². The van der Waals surface area contributed by atoms with Crippen molar-refractivity contribution in [3.63, 3.8) is 0 Å². The van der Waals surface area contributed by atoms with Crippen molar-refractivity contribution in [2.75, 3.05) is 20.3 Å². The number of hydrogen-bond acceptors (Lipinski definition) is 8. The molecule has 3 amide bonds. The molecule has 0 spiro atoms. The number of carbonyl (C=O) groups excluding carboxylic acids is 3. The molecule has 236 valence electrons. The van der Waals surface area contributed by atoms with Crippen LogP contribution in [0.3, 0.4) is 0 Å². The van der Waals surface area contributed by atoms with Gasteiger partial charge < -0.3 is 29.6 Å². The molecule has 0 bridgehead atoms. The van der Waals surface area contributed by atoms with Gasteiger partial charge in [-0.2, -0.15) is 5.10 Å². The number of halogens is 3. The fourth-order valence-electron chi connectivity index (χ4n) is 4.33. The van der Waals surface area contributed by atoms with E-state index in [0.29, 0.717) is 32.6 Å². The zero-order valence-electron chi connectivity index (χ0n) is 24.4. The average molecular weight is 704 g/mol. The summed E-state index contributed by atoms with van der Waals surface area (Å²) in [5, 5.41) is 9.54. The summed E-state index contributed by atoms with van der Waals surface area (Å²) in [6.07, 6.45) is 1.39. The molecule has 1 aliphatic rings. The summed E-state index contributed by atoms with van der Waals surface area (Å²) in [6, 6.07) is 12.9. The van der Waals surface area contributed by atoms with Crippen molar-refractivity contribution in [3.8, 4) is 17.2 Å². The van der Waals surface area contributed by atoms with Crippen LogP contribution in [0.4, 0.5) is 9.18 Å². The maximum Gasteiger partial charge on any atom is 0.338 e. The van der Waals surface area contributed by atoms with Gasteiger partial charge in [0.1, 0.15) is 12.4 Å². The molecule has 0 radical (unpaired) electrons. The molecule has 14 heteroatoms. The van der Waals surface area contributed by atoms with Crippen molar-refractivity contribution in [2.45, 2.75) is 26.5 Å². The van der Waals surface area contributed by atoms with Crippen molar-refractivity contribution >= 4 is 51.7 Å². The van der Waals surface area contributed by atoms with Crippen molar-refractivity contribution in [1.82, 2.24) is 16.1 Å². The number of allylic oxidation sites excluding steroid dienone is 1. The van der Waals surface area contributed by atoms with Gasteiger partial charge in [0.2, 0.25) is 0 Å². The number of amides is 3. The number of ether oxygens (including phenoxy) is 4. The topological polar surface area (TPSA) is 137 Å². The van der Waals surface area contributed by atoms with E-state index in [4.69, 9.17) is 30.5 Å². The summed E-state index contributed by atoms with van der Waals surface area (Å²) < 4.78 is 35.9. The molecule has 0 unspecified atom stereocenters. The van der Waals surface area contributed by atoms with Crippen LogP contribution in [0, 0.1) is 5.82 Å². The number of methoxy groups -OCH3 is 1. The number of nitrogens with one attached hydrogen (secondary N) is 3. The Morgan fingerprint density at radius 3 is 2.64 bits per heavy atom. The van der Waals surface area contributed by atoms with Crippen LogP contribution in [-0.2, 0) is 20.9 Å². The number of carbonyl (C=O) groups is 3. The summed E-state index contributed by atoms with van der Waals surface area (Å²) >= 11 is 9.78. The normalized spacial score (nSPS) is 14.4. The van der Waals surface area contributed by atoms with Crippen LogP contribution >= 0.6 is 27.5 Å². The lowest BCUT2D eigenvalue weighted by Gasteiger charge is -2.28. The van der Waals surface area contributed by atoms with Gasteiger partial charge in [0.15, 0.2) is 23.9 Å². The first-order valence-corrected chi connectivity index (χ1v) is 14.7. The minimum absolute atomic E-state index is 0.118. The average Bonchev–Trinajstić information content (AvgIpc) is 2.99. The molecule has 3 aromatic rings. The van der Waals surface area contributed by atoms with Gasteiger partial charge in [0.05, 0.1) is 41.0 Å². The molecule has 0 aliphatic carbocycles. The Labute approximate surface area is 271 Å². The van der Waals surface area contributed by atoms with Crippen LogP contribution in [-0.4, -0.2) is 44.4 Å². The van der Waals surface area contributed by atoms with Crippen molar-refractivity contribution < 1.29 is 37.7 Å². The molecule has 1 heterocycles. The molecular formula is C31H29BrClFN4O7. The monoisotopic (exact) mass is 702 g/mol. The number of rotatable bonds is 12. The fraction of sp³-hybridized carbons (Fsp3) is 0.226. The Kier molecular flexibility index (Phi) is 11.4. The molecule has 0 fully saturated rings. The second kappa shape index (κ2) is 15.4. The maximum atomic E-state index is 13.4. The second-order valence-corrected chi connectivity index (χ2v) is 10.8. The smallest absolute Gasteiger partial charge is 0.338 e. The van der Waals surface area contributed by atoms with E-state index in [1.165, 1.54) is 25.5 Å². The van der Waals surface area contributed by atoms with Gasteiger partial charge in [-0.25, -0.2) is 19.4 Å². The second-order valence-electron chi connectivity index (χ2n) is 9.52. The number of hydrogen-bond donors (Lipinski definition) is 3. The van der Waals surface area contributed by atoms with Gasteiger partial charge in [-0.1, -0.05) is 29.8 Å². The third kappa shape index (κ3) is 8.73. The zero-order valence-corrected chi connectivity index (χ0v) is 26.8. The lowest BCUT2D eigenvalue weighted by molar-refractivity contribution is -0.139. The van der Waals surface area contributed by atoms with Crippen molar-refractivity contribution in [1.29, 1.82) is 0 Å². The zero-order chi connectivity index (χ0) is 32.5.